The predicted octanol–water partition coefficient (Wildman–Crippen LogP) is 4.11. The summed E-state index contributed by atoms with van der Waals surface area (Å²) in [6.07, 6.45) is 1.91. The number of hydrogen-bond donors (Lipinski definition) is 0. The lowest BCUT2D eigenvalue weighted by atomic mass is 10.1. The van der Waals surface area contributed by atoms with Crippen molar-refractivity contribution in [2.24, 2.45) is 0 Å². The summed E-state index contributed by atoms with van der Waals surface area (Å²) < 4.78 is 0. The quantitative estimate of drug-likeness (QED) is 0.514. The van der Waals surface area contributed by atoms with Gasteiger partial charge in [-0.3, -0.25) is 4.98 Å². The zero-order chi connectivity index (χ0) is 17.3. The highest BCUT2D eigenvalue weighted by Gasteiger charge is 2.18. The maximum absolute atomic E-state index is 4.89. The Morgan fingerprint density at radius 3 is 2.00 bits per heavy atom. The van der Waals surface area contributed by atoms with Crippen LogP contribution in [0.2, 0.25) is 0 Å². The molecule has 5 rings (SSSR count). The first-order chi connectivity index (χ1) is 12.9. The lowest BCUT2D eigenvalue weighted by Crippen LogP contribution is -2.46. The van der Waals surface area contributed by atoms with E-state index in [0.29, 0.717) is 0 Å². The second-order valence-electron chi connectivity index (χ2n) is 6.73. The van der Waals surface area contributed by atoms with Crippen LogP contribution < -0.4 is 9.80 Å². The maximum Gasteiger partial charge on any atom is 0.147 e. The normalized spacial score (nSPS) is 14.9. The Labute approximate surface area is 152 Å². The highest BCUT2D eigenvalue weighted by molar-refractivity contribution is 5.95. The molecular weight excluding hydrogens is 320 g/mol. The number of piperazine rings is 1. The zero-order valence-corrected chi connectivity index (χ0v) is 14.5. The van der Waals surface area contributed by atoms with Gasteiger partial charge in [-0.05, 0) is 35.0 Å². The molecule has 4 aromatic rings. The van der Waals surface area contributed by atoms with Crippen molar-refractivity contribution < 1.29 is 0 Å². The van der Waals surface area contributed by atoms with Crippen molar-refractivity contribution in [2.75, 3.05) is 36.0 Å². The summed E-state index contributed by atoms with van der Waals surface area (Å²) in [4.78, 5) is 14.3. The van der Waals surface area contributed by atoms with Crippen molar-refractivity contribution in [2.45, 2.75) is 0 Å². The summed E-state index contributed by atoms with van der Waals surface area (Å²) in [5.74, 6) is 0.973. The summed E-state index contributed by atoms with van der Waals surface area (Å²) in [6, 6.07) is 23.2. The number of hydrogen-bond acceptors (Lipinski definition) is 4. The van der Waals surface area contributed by atoms with E-state index in [1.54, 1.807) is 0 Å². The van der Waals surface area contributed by atoms with Gasteiger partial charge in [-0.1, -0.05) is 42.5 Å². The number of anilines is 2. The molecule has 0 bridgehead atoms. The van der Waals surface area contributed by atoms with Gasteiger partial charge in [-0.25, -0.2) is 4.98 Å². The van der Waals surface area contributed by atoms with Gasteiger partial charge in [0.15, 0.2) is 0 Å². The van der Waals surface area contributed by atoms with Crippen LogP contribution in [-0.2, 0) is 0 Å². The number of benzene rings is 3. The van der Waals surface area contributed by atoms with Crippen LogP contribution in [0.25, 0.3) is 21.8 Å². The lowest BCUT2D eigenvalue weighted by molar-refractivity contribution is 0.647. The van der Waals surface area contributed by atoms with Crippen molar-refractivity contribution >= 4 is 33.3 Å². The van der Waals surface area contributed by atoms with Gasteiger partial charge in [-0.15, -0.1) is 0 Å². The summed E-state index contributed by atoms with van der Waals surface area (Å²) in [5.41, 5.74) is 3.21. The maximum atomic E-state index is 4.89. The van der Waals surface area contributed by atoms with Gasteiger partial charge < -0.3 is 9.80 Å². The van der Waals surface area contributed by atoms with E-state index in [9.17, 15) is 0 Å². The average Bonchev–Trinajstić information content (AvgIpc) is 2.72. The largest absolute Gasteiger partial charge is 0.368 e. The van der Waals surface area contributed by atoms with Crippen molar-refractivity contribution in [3.05, 3.63) is 72.9 Å². The molecule has 3 aromatic carbocycles. The number of para-hydroxylation sites is 1. The van der Waals surface area contributed by atoms with Gasteiger partial charge in [0.1, 0.15) is 5.82 Å². The molecule has 26 heavy (non-hydrogen) atoms. The monoisotopic (exact) mass is 340 g/mol. The highest BCUT2D eigenvalue weighted by Crippen LogP contribution is 2.23. The van der Waals surface area contributed by atoms with E-state index in [4.69, 9.17) is 4.98 Å². The van der Waals surface area contributed by atoms with Crippen LogP contribution in [0.15, 0.2) is 72.9 Å². The first-order valence-electron chi connectivity index (χ1n) is 9.07. The number of aromatic nitrogens is 2. The fraction of sp³-hybridized carbons (Fsp3) is 0.182. The van der Waals surface area contributed by atoms with Gasteiger partial charge in [-0.2, -0.15) is 0 Å². The van der Waals surface area contributed by atoms with Gasteiger partial charge in [0.2, 0.25) is 0 Å². The molecule has 0 unspecified atom stereocenters. The second kappa shape index (κ2) is 6.30. The van der Waals surface area contributed by atoms with Crippen molar-refractivity contribution in [1.82, 2.24) is 9.97 Å². The molecule has 1 aliphatic heterocycles. The Balaban J connectivity index is 1.40. The van der Waals surface area contributed by atoms with Gasteiger partial charge in [0.05, 0.1) is 17.2 Å². The van der Waals surface area contributed by atoms with Crippen molar-refractivity contribution in [1.29, 1.82) is 0 Å². The van der Waals surface area contributed by atoms with Crippen LogP contribution in [0.3, 0.4) is 0 Å². The zero-order valence-electron chi connectivity index (χ0n) is 14.5. The molecule has 0 N–H and O–H groups in total. The first-order valence-corrected chi connectivity index (χ1v) is 9.07. The van der Waals surface area contributed by atoms with E-state index in [2.05, 4.69) is 81.5 Å². The van der Waals surface area contributed by atoms with E-state index < -0.39 is 0 Å². The minimum Gasteiger partial charge on any atom is -0.368 e. The summed E-state index contributed by atoms with van der Waals surface area (Å²) in [7, 11) is 0. The minimum atomic E-state index is 0.954. The molecule has 0 atom stereocenters. The van der Waals surface area contributed by atoms with E-state index in [-0.39, 0.29) is 0 Å². The Morgan fingerprint density at radius 1 is 0.654 bits per heavy atom. The number of rotatable bonds is 2. The van der Waals surface area contributed by atoms with Gasteiger partial charge >= 0.3 is 0 Å². The fourth-order valence-corrected chi connectivity index (χ4v) is 3.67. The Kier molecular flexibility index (Phi) is 3.67. The molecule has 2 heterocycles. The highest BCUT2D eigenvalue weighted by atomic mass is 15.3. The van der Waals surface area contributed by atoms with Crippen LogP contribution in [0.5, 0.6) is 0 Å². The van der Waals surface area contributed by atoms with E-state index in [1.165, 1.54) is 16.5 Å². The number of nitrogens with zero attached hydrogens (tertiary/aromatic N) is 4. The molecule has 0 aliphatic carbocycles. The van der Waals surface area contributed by atoms with E-state index >= 15 is 0 Å². The van der Waals surface area contributed by atoms with Crippen LogP contribution in [-0.4, -0.2) is 36.1 Å². The number of fused-ring (bicyclic) bond motifs is 2. The Bertz CT molecular complexity index is 1050. The third-order valence-electron chi connectivity index (χ3n) is 5.12. The average molecular weight is 340 g/mol. The van der Waals surface area contributed by atoms with Crippen molar-refractivity contribution in [3.8, 4) is 0 Å². The van der Waals surface area contributed by atoms with E-state index in [0.717, 1.165) is 43.0 Å². The molecule has 4 heteroatoms. The van der Waals surface area contributed by atoms with E-state index in [1.807, 2.05) is 6.20 Å². The smallest absolute Gasteiger partial charge is 0.147 e. The molecule has 1 aromatic heterocycles. The molecule has 0 spiro atoms. The molecular formula is C22H20N4. The molecule has 0 radical (unpaired) electrons. The molecule has 0 amide bonds. The van der Waals surface area contributed by atoms with Crippen LogP contribution in [0, 0.1) is 0 Å². The first kappa shape index (κ1) is 15.1. The molecule has 1 saturated heterocycles. The molecule has 4 nitrogen and oxygen atoms in total. The molecule has 1 fully saturated rings. The lowest BCUT2D eigenvalue weighted by Gasteiger charge is -2.36. The third-order valence-corrected chi connectivity index (χ3v) is 5.12. The summed E-state index contributed by atoms with van der Waals surface area (Å²) in [5, 5.41) is 2.42. The topological polar surface area (TPSA) is 32.3 Å². The van der Waals surface area contributed by atoms with Crippen LogP contribution in [0.4, 0.5) is 11.5 Å². The second-order valence-corrected chi connectivity index (χ2v) is 6.73. The van der Waals surface area contributed by atoms with Gasteiger partial charge in [0.25, 0.3) is 0 Å². The molecule has 1 aliphatic rings. The Morgan fingerprint density at radius 2 is 1.27 bits per heavy atom. The minimum absolute atomic E-state index is 0.954. The SMILES string of the molecule is c1ccc(N2CCN(c3cnc4cc5ccccc5cc4n3)CC2)cc1. The standard InChI is InChI=1S/C22H20N4/c1-2-8-19(9-3-1)25-10-12-26(13-11-25)22-16-23-20-14-17-6-4-5-7-18(17)15-21(20)24-22/h1-9,14-16H,10-13H2. The predicted molar refractivity (Wildman–Crippen MR) is 108 cm³/mol. The summed E-state index contributed by atoms with van der Waals surface area (Å²) >= 11 is 0. The summed E-state index contributed by atoms with van der Waals surface area (Å²) in [6.45, 7) is 3.92. The third kappa shape index (κ3) is 2.73. The van der Waals surface area contributed by atoms with Crippen LogP contribution in [0.1, 0.15) is 0 Å². The Hall–Kier alpha value is -3.14. The van der Waals surface area contributed by atoms with Crippen molar-refractivity contribution in [3.63, 3.8) is 0 Å². The van der Waals surface area contributed by atoms with Gasteiger partial charge in [0, 0.05) is 31.9 Å². The molecule has 0 saturated carbocycles. The fourth-order valence-electron chi connectivity index (χ4n) is 3.67. The van der Waals surface area contributed by atoms with Crippen LogP contribution >= 0.6 is 0 Å². The molecule has 128 valence electrons.